The Kier molecular flexibility index (Phi) is 3.72. The monoisotopic (exact) mass is 308 g/mol. The molecule has 0 spiro atoms. The van der Waals surface area contributed by atoms with E-state index in [9.17, 15) is 9.59 Å². The molecule has 1 saturated heterocycles. The summed E-state index contributed by atoms with van der Waals surface area (Å²) in [5.74, 6) is -0.903. The van der Waals surface area contributed by atoms with E-state index in [-0.39, 0.29) is 24.8 Å². The van der Waals surface area contributed by atoms with Gasteiger partial charge in [0.1, 0.15) is 0 Å². The van der Waals surface area contributed by atoms with E-state index < -0.39 is 12.1 Å². The summed E-state index contributed by atoms with van der Waals surface area (Å²) >= 11 is 1.48. The molecule has 7 nitrogen and oxygen atoms in total. The van der Waals surface area contributed by atoms with Crippen LogP contribution in [0.3, 0.4) is 0 Å². The summed E-state index contributed by atoms with van der Waals surface area (Å²) in [4.78, 5) is 25.5. The first kappa shape index (κ1) is 13.8. The summed E-state index contributed by atoms with van der Waals surface area (Å²) in [6.07, 6.45) is -0.994. The summed E-state index contributed by atoms with van der Waals surface area (Å²) in [5, 5.41) is 14.6. The zero-order chi connectivity index (χ0) is 14.8. The van der Waals surface area contributed by atoms with E-state index in [1.54, 1.807) is 6.07 Å². The maximum Gasteiger partial charge on any atom is 0.334 e. The molecule has 2 aromatic rings. The first-order valence-electron chi connectivity index (χ1n) is 6.29. The van der Waals surface area contributed by atoms with Crippen LogP contribution in [0.25, 0.3) is 10.6 Å². The largest absolute Gasteiger partial charge is 0.479 e. The standard InChI is InChI=1S/C13H12N2O5S/c16-12(15-3-4-19-10(7-15)13(17)18)8-6-9(20-14-8)11-2-1-5-21-11/h1-2,5-6,10H,3-4,7H2,(H,17,18). The van der Waals surface area contributed by atoms with Crippen molar-refractivity contribution in [2.75, 3.05) is 19.7 Å². The van der Waals surface area contributed by atoms with Gasteiger partial charge in [-0.05, 0) is 11.4 Å². The van der Waals surface area contributed by atoms with Crippen molar-refractivity contribution in [1.82, 2.24) is 10.1 Å². The van der Waals surface area contributed by atoms with Crippen molar-refractivity contribution in [2.45, 2.75) is 6.10 Å². The lowest BCUT2D eigenvalue weighted by Crippen LogP contribution is -2.48. The van der Waals surface area contributed by atoms with E-state index in [0.29, 0.717) is 12.3 Å². The molecule has 8 heteroatoms. The fourth-order valence-electron chi connectivity index (χ4n) is 2.06. The number of aliphatic carboxylic acids is 1. The topological polar surface area (TPSA) is 92.9 Å². The lowest BCUT2D eigenvalue weighted by molar-refractivity contribution is -0.154. The average Bonchev–Trinajstić information content (AvgIpc) is 3.17. The van der Waals surface area contributed by atoms with Gasteiger partial charge in [0.2, 0.25) is 0 Å². The van der Waals surface area contributed by atoms with Crippen LogP contribution >= 0.6 is 11.3 Å². The van der Waals surface area contributed by atoms with Crippen molar-refractivity contribution >= 4 is 23.2 Å². The number of rotatable bonds is 3. The number of carboxylic acids is 1. The first-order chi connectivity index (χ1) is 10.1. The number of thiophene rings is 1. The van der Waals surface area contributed by atoms with Gasteiger partial charge in [-0.25, -0.2) is 4.79 Å². The van der Waals surface area contributed by atoms with Gasteiger partial charge in [-0.15, -0.1) is 11.3 Å². The van der Waals surface area contributed by atoms with Crippen LogP contribution in [0.5, 0.6) is 0 Å². The number of carbonyl (C=O) groups is 2. The molecule has 1 fully saturated rings. The molecule has 3 heterocycles. The summed E-state index contributed by atoms with van der Waals surface area (Å²) in [7, 11) is 0. The van der Waals surface area contributed by atoms with E-state index in [1.165, 1.54) is 16.2 Å². The fraction of sp³-hybridized carbons (Fsp3) is 0.308. The second kappa shape index (κ2) is 5.66. The van der Waals surface area contributed by atoms with Gasteiger partial charge in [-0.2, -0.15) is 0 Å². The SMILES string of the molecule is O=C(O)C1CN(C(=O)c2cc(-c3cccs3)on2)CCO1. The summed E-state index contributed by atoms with van der Waals surface area (Å²) in [6.45, 7) is 0.539. The van der Waals surface area contributed by atoms with Gasteiger partial charge < -0.3 is 19.3 Å². The summed E-state index contributed by atoms with van der Waals surface area (Å²) in [5.41, 5.74) is 0.171. The lowest BCUT2D eigenvalue weighted by atomic mass is 10.2. The molecular formula is C13H12N2O5S. The van der Waals surface area contributed by atoms with Crippen LogP contribution in [0.2, 0.25) is 0 Å². The Balaban J connectivity index is 1.74. The highest BCUT2D eigenvalue weighted by atomic mass is 32.1. The minimum absolute atomic E-state index is 0.00929. The Morgan fingerprint density at radius 3 is 3.05 bits per heavy atom. The van der Waals surface area contributed by atoms with Gasteiger partial charge >= 0.3 is 5.97 Å². The first-order valence-corrected chi connectivity index (χ1v) is 7.17. The summed E-state index contributed by atoms with van der Waals surface area (Å²) in [6, 6.07) is 5.32. The molecule has 2 aromatic heterocycles. The Labute approximate surface area is 123 Å². The van der Waals surface area contributed by atoms with Crippen LogP contribution in [-0.4, -0.2) is 52.8 Å². The van der Waals surface area contributed by atoms with Gasteiger partial charge in [-0.3, -0.25) is 4.79 Å². The number of ether oxygens (including phenoxy) is 1. The van der Waals surface area contributed by atoms with E-state index in [4.69, 9.17) is 14.4 Å². The molecule has 1 amide bonds. The predicted octanol–water partition coefficient (Wildman–Crippen LogP) is 1.33. The molecule has 3 rings (SSSR count). The number of hydrogen-bond donors (Lipinski definition) is 1. The normalized spacial score (nSPS) is 18.7. The van der Waals surface area contributed by atoms with Gasteiger partial charge in [0.15, 0.2) is 17.6 Å². The van der Waals surface area contributed by atoms with Gasteiger partial charge in [0.05, 0.1) is 18.0 Å². The number of carboxylic acid groups (broad SMARTS) is 1. The molecule has 1 atom stereocenters. The molecule has 0 radical (unpaired) electrons. The van der Waals surface area contributed by atoms with Gasteiger partial charge in [-0.1, -0.05) is 11.2 Å². The van der Waals surface area contributed by atoms with Crippen LogP contribution in [0, 0.1) is 0 Å². The van der Waals surface area contributed by atoms with E-state index in [0.717, 1.165) is 4.88 Å². The molecular weight excluding hydrogens is 296 g/mol. The zero-order valence-corrected chi connectivity index (χ0v) is 11.7. The Morgan fingerprint density at radius 1 is 1.48 bits per heavy atom. The molecule has 1 aliphatic heterocycles. The number of carbonyl (C=O) groups excluding carboxylic acids is 1. The molecule has 0 aromatic carbocycles. The number of aromatic nitrogens is 1. The highest BCUT2D eigenvalue weighted by Gasteiger charge is 2.30. The maximum absolute atomic E-state index is 12.3. The van der Waals surface area contributed by atoms with Crippen LogP contribution in [0.15, 0.2) is 28.1 Å². The van der Waals surface area contributed by atoms with Crippen LogP contribution < -0.4 is 0 Å². The molecule has 110 valence electrons. The Bertz CT molecular complexity index is 651. The van der Waals surface area contributed by atoms with Gasteiger partial charge in [0, 0.05) is 12.6 Å². The minimum Gasteiger partial charge on any atom is -0.479 e. The molecule has 21 heavy (non-hydrogen) atoms. The second-order valence-electron chi connectivity index (χ2n) is 4.50. The van der Waals surface area contributed by atoms with Crippen molar-refractivity contribution < 1.29 is 24.0 Å². The molecule has 0 saturated carbocycles. The third-order valence-corrected chi connectivity index (χ3v) is 4.01. The number of nitrogens with zero attached hydrogens (tertiary/aromatic N) is 2. The second-order valence-corrected chi connectivity index (χ2v) is 5.45. The number of morpholine rings is 1. The predicted molar refractivity (Wildman–Crippen MR) is 73.1 cm³/mol. The zero-order valence-electron chi connectivity index (χ0n) is 10.9. The third-order valence-electron chi connectivity index (χ3n) is 3.12. The van der Waals surface area contributed by atoms with Gasteiger partial charge in [0.25, 0.3) is 5.91 Å². The van der Waals surface area contributed by atoms with Crippen molar-refractivity contribution in [3.63, 3.8) is 0 Å². The lowest BCUT2D eigenvalue weighted by Gasteiger charge is -2.30. The molecule has 0 bridgehead atoms. The molecule has 1 N–H and O–H groups in total. The van der Waals surface area contributed by atoms with E-state index in [2.05, 4.69) is 5.16 Å². The minimum atomic E-state index is -1.08. The molecule has 1 unspecified atom stereocenters. The van der Waals surface area contributed by atoms with Crippen molar-refractivity contribution in [2.24, 2.45) is 0 Å². The van der Waals surface area contributed by atoms with Crippen LogP contribution in [-0.2, 0) is 9.53 Å². The Hall–Kier alpha value is -2.19. The number of hydrogen-bond acceptors (Lipinski definition) is 6. The molecule has 0 aliphatic carbocycles. The highest BCUT2D eigenvalue weighted by Crippen LogP contribution is 2.25. The quantitative estimate of drug-likeness (QED) is 0.919. The van der Waals surface area contributed by atoms with E-state index >= 15 is 0 Å². The Morgan fingerprint density at radius 2 is 2.33 bits per heavy atom. The van der Waals surface area contributed by atoms with Crippen molar-refractivity contribution in [1.29, 1.82) is 0 Å². The number of amides is 1. The van der Waals surface area contributed by atoms with E-state index in [1.807, 2.05) is 17.5 Å². The van der Waals surface area contributed by atoms with Crippen molar-refractivity contribution in [3.05, 3.63) is 29.3 Å². The molecule has 1 aliphatic rings. The fourth-order valence-corrected chi connectivity index (χ4v) is 2.73. The van der Waals surface area contributed by atoms with Crippen LogP contribution in [0.4, 0.5) is 0 Å². The maximum atomic E-state index is 12.3. The average molecular weight is 308 g/mol. The van der Waals surface area contributed by atoms with Crippen LogP contribution in [0.1, 0.15) is 10.5 Å². The van der Waals surface area contributed by atoms with Crippen molar-refractivity contribution in [3.8, 4) is 10.6 Å². The highest BCUT2D eigenvalue weighted by molar-refractivity contribution is 7.13. The third kappa shape index (κ3) is 2.81. The summed E-state index contributed by atoms with van der Waals surface area (Å²) < 4.78 is 10.2. The smallest absolute Gasteiger partial charge is 0.334 e.